The zero-order valence-corrected chi connectivity index (χ0v) is 19.9. The highest BCUT2D eigenvalue weighted by Gasteiger charge is 2.13. The van der Waals surface area contributed by atoms with Crippen LogP contribution in [0.1, 0.15) is 15.9 Å². The molecule has 1 fully saturated rings. The molecule has 1 aliphatic rings. The normalized spacial score (nSPS) is 13.8. The van der Waals surface area contributed by atoms with Gasteiger partial charge in [0.2, 0.25) is 0 Å². The monoisotopic (exact) mass is 477 g/mol. The summed E-state index contributed by atoms with van der Waals surface area (Å²) in [5, 5.41) is 5.20. The van der Waals surface area contributed by atoms with Gasteiger partial charge >= 0.3 is 0 Å². The summed E-state index contributed by atoms with van der Waals surface area (Å²) < 4.78 is 5.45. The highest BCUT2D eigenvalue weighted by atomic mass is 16.5. The molecule has 0 spiro atoms. The van der Waals surface area contributed by atoms with Crippen molar-refractivity contribution in [2.24, 2.45) is 0 Å². The lowest BCUT2D eigenvalue weighted by Gasteiger charge is -2.28. The van der Waals surface area contributed by atoms with E-state index in [2.05, 4.69) is 56.6 Å². The van der Waals surface area contributed by atoms with Crippen molar-refractivity contribution in [3.05, 3.63) is 90.3 Å². The molecule has 2 N–H and O–H groups in total. The molecule has 36 heavy (non-hydrogen) atoms. The van der Waals surface area contributed by atoms with Crippen LogP contribution >= 0.6 is 0 Å². The van der Waals surface area contributed by atoms with Crippen LogP contribution < -0.4 is 10.2 Å². The second-order valence-corrected chi connectivity index (χ2v) is 9.00. The van der Waals surface area contributed by atoms with Crippen molar-refractivity contribution in [3.63, 3.8) is 0 Å². The van der Waals surface area contributed by atoms with E-state index >= 15 is 0 Å². The Kier molecular flexibility index (Phi) is 6.05. The molecule has 6 rings (SSSR count). The van der Waals surface area contributed by atoms with Crippen molar-refractivity contribution in [3.8, 4) is 11.3 Å². The quantitative estimate of drug-likeness (QED) is 0.374. The maximum atomic E-state index is 12.3. The van der Waals surface area contributed by atoms with Crippen molar-refractivity contribution >= 4 is 33.5 Å². The number of carbonyl (C=O) groups is 1. The summed E-state index contributed by atoms with van der Waals surface area (Å²) in [5.74, 6) is -0.0512. The maximum Gasteiger partial charge on any atom is 0.251 e. The lowest BCUT2D eigenvalue weighted by atomic mass is 10.1. The van der Waals surface area contributed by atoms with E-state index in [1.807, 2.05) is 42.7 Å². The van der Waals surface area contributed by atoms with E-state index in [0.29, 0.717) is 12.1 Å². The number of aromatic amines is 1. The first-order valence-corrected chi connectivity index (χ1v) is 12.3. The number of pyridine rings is 2. The fourth-order valence-electron chi connectivity index (χ4n) is 4.69. The average Bonchev–Trinajstić information content (AvgIpc) is 3.31. The van der Waals surface area contributed by atoms with Gasteiger partial charge in [-0.25, -0.2) is 4.98 Å². The number of anilines is 1. The van der Waals surface area contributed by atoms with E-state index in [0.717, 1.165) is 77.2 Å². The van der Waals surface area contributed by atoms with Gasteiger partial charge in [0.1, 0.15) is 5.65 Å². The van der Waals surface area contributed by atoms with Gasteiger partial charge in [-0.15, -0.1) is 0 Å². The number of fused-ring (bicyclic) bond motifs is 3. The van der Waals surface area contributed by atoms with E-state index in [-0.39, 0.29) is 5.91 Å². The number of nitrogens with zero attached hydrogens (tertiary/aromatic N) is 3. The molecule has 4 heterocycles. The molecular weight excluding hydrogens is 450 g/mol. The second-order valence-electron chi connectivity index (χ2n) is 9.00. The van der Waals surface area contributed by atoms with Crippen LogP contribution in [0.15, 0.2) is 79.1 Å². The van der Waals surface area contributed by atoms with Gasteiger partial charge in [0.25, 0.3) is 5.91 Å². The predicted molar refractivity (Wildman–Crippen MR) is 142 cm³/mol. The van der Waals surface area contributed by atoms with Crippen molar-refractivity contribution in [2.75, 3.05) is 37.7 Å². The third kappa shape index (κ3) is 4.53. The highest BCUT2D eigenvalue weighted by Crippen LogP contribution is 2.29. The van der Waals surface area contributed by atoms with Crippen molar-refractivity contribution in [2.45, 2.75) is 6.42 Å². The molecular formula is C29H27N5O2. The van der Waals surface area contributed by atoms with E-state index in [4.69, 9.17) is 9.72 Å². The molecule has 0 atom stereocenters. The molecule has 0 aliphatic carbocycles. The van der Waals surface area contributed by atoms with Crippen LogP contribution in [0.2, 0.25) is 0 Å². The number of aromatic nitrogens is 3. The number of rotatable bonds is 6. The summed E-state index contributed by atoms with van der Waals surface area (Å²) in [6.07, 6.45) is 4.55. The first-order valence-electron chi connectivity index (χ1n) is 12.3. The Labute approximate surface area is 209 Å². The highest BCUT2D eigenvalue weighted by molar-refractivity contribution is 6.07. The van der Waals surface area contributed by atoms with Gasteiger partial charge in [0.15, 0.2) is 0 Å². The fraction of sp³-hybridized carbons (Fsp3) is 0.207. The van der Waals surface area contributed by atoms with E-state index < -0.39 is 0 Å². The van der Waals surface area contributed by atoms with Gasteiger partial charge in [-0.05, 0) is 54.4 Å². The predicted octanol–water partition coefficient (Wildman–Crippen LogP) is 4.59. The summed E-state index contributed by atoms with van der Waals surface area (Å²) >= 11 is 0. The largest absolute Gasteiger partial charge is 0.378 e. The fourth-order valence-corrected chi connectivity index (χ4v) is 4.69. The Hall–Kier alpha value is -4.23. The molecule has 1 amide bonds. The number of H-pyrrole nitrogens is 1. The first kappa shape index (κ1) is 22.2. The second kappa shape index (κ2) is 9.79. The Morgan fingerprint density at radius 2 is 1.81 bits per heavy atom. The Morgan fingerprint density at radius 3 is 2.61 bits per heavy atom. The van der Waals surface area contributed by atoms with Crippen molar-refractivity contribution in [1.29, 1.82) is 0 Å². The summed E-state index contributed by atoms with van der Waals surface area (Å²) in [5.41, 5.74) is 6.74. The third-order valence-corrected chi connectivity index (χ3v) is 6.67. The minimum Gasteiger partial charge on any atom is -0.378 e. The Morgan fingerprint density at radius 1 is 0.944 bits per heavy atom. The molecule has 1 aliphatic heterocycles. The smallest absolute Gasteiger partial charge is 0.251 e. The summed E-state index contributed by atoms with van der Waals surface area (Å²) in [6, 6.07) is 22.0. The number of carbonyl (C=O) groups excluding carboxylic acids is 1. The molecule has 7 nitrogen and oxygen atoms in total. The standard InChI is InChI=1S/C29H27N5O2/c35-29(21-4-2-1-3-5-21)30-11-10-20-6-8-27-24(16-20)25-17-22(18-32-28(25)33-27)26-9-7-23(19-31-26)34-12-14-36-15-13-34/h1-9,16-19H,10-15H2,(H,30,35)(H,32,33). The summed E-state index contributed by atoms with van der Waals surface area (Å²) in [7, 11) is 0. The molecule has 0 unspecified atom stereocenters. The van der Waals surface area contributed by atoms with E-state index in [1.165, 1.54) is 0 Å². The van der Waals surface area contributed by atoms with E-state index in [1.54, 1.807) is 0 Å². The summed E-state index contributed by atoms with van der Waals surface area (Å²) in [6.45, 7) is 3.86. The zero-order valence-electron chi connectivity index (χ0n) is 19.9. The van der Waals surface area contributed by atoms with Gasteiger partial charge in [0.05, 0.1) is 30.8 Å². The molecule has 5 aromatic rings. The van der Waals surface area contributed by atoms with Crippen LogP contribution in [-0.2, 0) is 11.2 Å². The lowest BCUT2D eigenvalue weighted by Crippen LogP contribution is -2.36. The molecule has 0 saturated carbocycles. The van der Waals surface area contributed by atoms with Gasteiger partial charge in [-0.2, -0.15) is 0 Å². The minimum atomic E-state index is -0.0512. The molecule has 7 heteroatoms. The molecule has 2 aromatic carbocycles. The number of benzene rings is 2. The van der Waals surface area contributed by atoms with Crippen LogP contribution in [-0.4, -0.2) is 53.7 Å². The molecule has 1 saturated heterocycles. The topological polar surface area (TPSA) is 83.1 Å². The number of ether oxygens (including phenoxy) is 1. The van der Waals surface area contributed by atoms with Crippen molar-refractivity contribution < 1.29 is 9.53 Å². The van der Waals surface area contributed by atoms with E-state index in [9.17, 15) is 4.79 Å². The van der Waals surface area contributed by atoms with Crippen LogP contribution in [0.25, 0.3) is 33.2 Å². The zero-order chi connectivity index (χ0) is 24.3. The van der Waals surface area contributed by atoms with Gasteiger partial charge < -0.3 is 19.9 Å². The van der Waals surface area contributed by atoms with Crippen LogP contribution in [0.3, 0.4) is 0 Å². The van der Waals surface area contributed by atoms with Crippen LogP contribution in [0.5, 0.6) is 0 Å². The van der Waals surface area contributed by atoms with Gasteiger partial charge in [-0.1, -0.05) is 24.3 Å². The van der Waals surface area contributed by atoms with Crippen LogP contribution in [0, 0.1) is 0 Å². The SMILES string of the molecule is O=C(NCCc1ccc2[nH]c3ncc(-c4ccc(N5CCOCC5)cn4)cc3c2c1)c1ccccc1. The molecule has 0 radical (unpaired) electrons. The van der Waals surface area contributed by atoms with Gasteiger partial charge in [-0.3, -0.25) is 9.78 Å². The number of amides is 1. The lowest BCUT2D eigenvalue weighted by molar-refractivity contribution is 0.0954. The average molecular weight is 478 g/mol. The Balaban J connectivity index is 1.21. The molecule has 180 valence electrons. The van der Waals surface area contributed by atoms with Crippen molar-refractivity contribution in [1.82, 2.24) is 20.3 Å². The number of morpholine rings is 1. The first-order chi connectivity index (χ1) is 17.7. The number of hydrogen-bond acceptors (Lipinski definition) is 5. The van der Waals surface area contributed by atoms with Gasteiger partial charge in [0, 0.05) is 53.2 Å². The Bertz CT molecular complexity index is 1510. The number of nitrogens with one attached hydrogen (secondary N) is 2. The summed E-state index contributed by atoms with van der Waals surface area (Å²) in [4.78, 5) is 27.4. The molecule has 3 aromatic heterocycles. The molecule has 0 bridgehead atoms. The number of hydrogen-bond donors (Lipinski definition) is 2. The minimum absolute atomic E-state index is 0.0512. The maximum absolute atomic E-state index is 12.3. The third-order valence-electron chi connectivity index (χ3n) is 6.67. The van der Waals surface area contributed by atoms with Crippen LogP contribution in [0.4, 0.5) is 5.69 Å².